The number of aromatic nitrogens is 1. The van der Waals surface area contributed by atoms with Crippen LogP contribution in [0.3, 0.4) is 0 Å². The van der Waals surface area contributed by atoms with Crippen molar-refractivity contribution >= 4 is 52.8 Å². The van der Waals surface area contributed by atoms with E-state index in [1.165, 1.54) is 0 Å². The number of anilines is 2. The van der Waals surface area contributed by atoms with Gasteiger partial charge in [-0.2, -0.15) is 10.3 Å². The van der Waals surface area contributed by atoms with Gasteiger partial charge in [0.1, 0.15) is 23.7 Å². The molecule has 1 aromatic heterocycles. The molecule has 308 valence electrons. The summed E-state index contributed by atoms with van der Waals surface area (Å²) in [6.45, 7) is 14.0. The maximum atomic E-state index is 13.6. The lowest BCUT2D eigenvalue weighted by Gasteiger charge is -2.63. The number of carbonyl (C=O) groups is 5. The largest absolute Gasteiger partial charge is 0.489 e. The van der Waals surface area contributed by atoms with Gasteiger partial charge in [-0.15, -0.1) is 0 Å². The number of benzene rings is 2. The van der Waals surface area contributed by atoms with Crippen LogP contribution in [0.25, 0.3) is 0 Å². The van der Waals surface area contributed by atoms with Gasteiger partial charge in [-0.05, 0) is 55.2 Å². The van der Waals surface area contributed by atoms with Crippen LogP contribution in [0, 0.1) is 28.1 Å². The van der Waals surface area contributed by atoms with E-state index >= 15 is 0 Å². The van der Waals surface area contributed by atoms with Crippen LogP contribution >= 0.6 is 11.6 Å². The van der Waals surface area contributed by atoms with E-state index in [0.29, 0.717) is 52.2 Å². The maximum Gasteiger partial charge on any atom is 0.343 e. The third-order valence-corrected chi connectivity index (χ3v) is 13.1. The van der Waals surface area contributed by atoms with Gasteiger partial charge < -0.3 is 19.9 Å². The summed E-state index contributed by atoms with van der Waals surface area (Å²) in [4.78, 5) is 76.1. The third-order valence-electron chi connectivity index (χ3n) is 12.8. The Bertz CT molecular complexity index is 2230. The van der Waals surface area contributed by atoms with Crippen LogP contribution in [0.2, 0.25) is 5.02 Å². The number of rotatable bonds is 9. The molecule has 0 spiro atoms. The number of nitrogens with one attached hydrogen (secondary N) is 2. The zero-order chi connectivity index (χ0) is 41.8. The maximum absolute atomic E-state index is 13.6. The van der Waals surface area contributed by atoms with Gasteiger partial charge in [0.25, 0.3) is 17.7 Å². The van der Waals surface area contributed by atoms with Gasteiger partial charge in [-0.1, -0.05) is 45.4 Å². The molecule has 2 aromatic carbocycles. The van der Waals surface area contributed by atoms with Crippen LogP contribution in [0.1, 0.15) is 83.6 Å². The molecule has 16 heteroatoms. The second-order valence-electron chi connectivity index (χ2n) is 17.3. The summed E-state index contributed by atoms with van der Waals surface area (Å²) in [6, 6.07) is 15.2. The summed E-state index contributed by atoms with van der Waals surface area (Å²) in [5.74, 6) is 0.219. The van der Waals surface area contributed by atoms with Gasteiger partial charge in [-0.3, -0.25) is 29.4 Å². The quantitative estimate of drug-likeness (QED) is 0.287. The summed E-state index contributed by atoms with van der Waals surface area (Å²) in [6.07, 6.45) is 3.49. The van der Waals surface area contributed by atoms with E-state index in [4.69, 9.17) is 21.3 Å². The molecule has 4 fully saturated rings. The summed E-state index contributed by atoms with van der Waals surface area (Å²) in [5.41, 5.74) is 1.37. The van der Waals surface area contributed by atoms with E-state index in [-0.39, 0.29) is 47.4 Å². The van der Waals surface area contributed by atoms with Gasteiger partial charge in [0.15, 0.2) is 0 Å². The molecule has 1 saturated carbocycles. The molecule has 5 aliphatic rings. The van der Waals surface area contributed by atoms with E-state index in [2.05, 4.69) is 59.1 Å². The number of hydrogen-bond acceptors (Lipinski definition) is 11. The Kier molecular flexibility index (Phi) is 10.5. The molecule has 0 radical (unpaired) electrons. The average molecular weight is 822 g/mol. The van der Waals surface area contributed by atoms with Crippen LogP contribution < -0.4 is 25.2 Å². The summed E-state index contributed by atoms with van der Waals surface area (Å²) >= 11 is 6.25. The monoisotopic (exact) mass is 821 g/mol. The summed E-state index contributed by atoms with van der Waals surface area (Å²) in [7, 11) is 0. The molecule has 1 aliphatic carbocycles. The molecule has 0 unspecified atom stereocenters. The van der Waals surface area contributed by atoms with Crippen molar-refractivity contribution in [3.63, 3.8) is 0 Å². The Labute approximate surface area is 348 Å². The standard InChI is InChI=1S/C43H48ClN9O6/c1-42(2)39(43(3,4)40(42)59-29-10-8-27(23-45)31(44)22-29)48-36(55)28-9-11-33(46-24-28)51-15-12-26(13-16-51)25-49-18-20-50(21-19-49)32-7-5-6-30-35(32)38(57)53(37(30)56)52-17-14-34(54)47-41(52)58/h5-11,22,24,26,39-40H,12-21,25H2,1-4H3,(H,48,55)(H,47,54,58). The van der Waals surface area contributed by atoms with Crippen LogP contribution in [-0.4, -0.2) is 114 Å². The molecule has 15 nitrogen and oxygen atoms in total. The number of ether oxygens (including phenoxy) is 1. The Morgan fingerprint density at radius 3 is 2.31 bits per heavy atom. The first-order chi connectivity index (χ1) is 28.2. The molecule has 3 aromatic rings. The third kappa shape index (κ3) is 7.33. The SMILES string of the molecule is CC1(C)C(NC(=O)c2ccc(N3CCC(CN4CCN(c5cccc6c5C(=O)N(N5CCC(=O)NC5=O)C6=O)CC4)CC3)nc2)C(C)(C)C1Oc1ccc(C#N)c(Cl)c1. The first kappa shape index (κ1) is 40.1. The number of urea groups is 1. The normalized spacial score (nSPS) is 23.1. The number of hydrogen-bond donors (Lipinski definition) is 2. The number of hydrazine groups is 1. The predicted octanol–water partition coefficient (Wildman–Crippen LogP) is 4.71. The highest BCUT2D eigenvalue weighted by atomic mass is 35.5. The highest BCUT2D eigenvalue weighted by Gasteiger charge is 2.64. The second kappa shape index (κ2) is 15.5. The summed E-state index contributed by atoms with van der Waals surface area (Å²) < 4.78 is 6.37. The molecule has 5 heterocycles. The van der Waals surface area contributed by atoms with Crippen LogP contribution in [0.4, 0.5) is 16.3 Å². The predicted molar refractivity (Wildman–Crippen MR) is 219 cm³/mol. The number of pyridine rings is 1. The number of imide groups is 2. The molecular formula is C43H48ClN9O6. The molecule has 8 rings (SSSR count). The number of halogens is 1. The molecular weight excluding hydrogens is 774 g/mol. The van der Waals surface area contributed by atoms with Crippen molar-refractivity contribution in [1.82, 2.24) is 30.5 Å². The van der Waals surface area contributed by atoms with Crippen molar-refractivity contribution in [3.8, 4) is 11.8 Å². The van der Waals surface area contributed by atoms with E-state index in [1.54, 1.807) is 36.5 Å². The van der Waals surface area contributed by atoms with Gasteiger partial charge in [0, 0.05) is 81.4 Å². The fraction of sp³-hybridized carbons (Fsp3) is 0.465. The number of piperidine rings is 1. The molecule has 59 heavy (non-hydrogen) atoms. The zero-order valence-electron chi connectivity index (χ0n) is 33.7. The lowest BCUT2D eigenvalue weighted by Crippen LogP contribution is -2.74. The molecule has 2 N–H and O–H groups in total. The molecule has 0 bridgehead atoms. The lowest BCUT2D eigenvalue weighted by atomic mass is 9.49. The van der Waals surface area contributed by atoms with Crippen molar-refractivity contribution in [2.45, 2.75) is 59.1 Å². The van der Waals surface area contributed by atoms with Gasteiger partial charge in [0.05, 0.1) is 39.5 Å². The highest BCUT2D eigenvalue weighted by molar-refractivity contribution is 6.31. The van der Waals surface area contributed by atoms with Gasteiger partial charge in [-0.25, -0.2) is 14.8 Å². The first-order valence-electron chi connectivity index (χ1n) is 20.2. The number of nitriles is 1. The van der Waals surface area contributed by atoms with Crippen LogP contribution in [0.5, 0.6) is 5.75 Å². The number of piperazine rings is 1. The molecule has 0 atom stereocenters. The Morgan fingerprint density at radius 1 is 0.932 bits per heavy atom. The highest BCUT2D eigenvalue weighted by Crippen LogP contribution is 2.55. The van der Waals surface area contributed by atoms with Crippen LogP contribution in [-0.2, 0) is 4.79 Å². The minimum Gasteiger partial charge on any atom is -0.489 e. The Hall–Kier alpha value is -5.72. The smallest absolute Gasteiger partial charge is 0.343 e. The first-order valence-corrected chi connectivity index (χ1v) is 20.5. The average Bonchev–Trinajstić information content (AvgIpc) is 3.48. The minimum absolute atomic E-state index is 0.00933. The Balaban J connectivity index is 0.804. The van der Waals surface area contributed by atoms with Crippen molar-refractivity contribution in [2.24, 2.45) is 16.7 Å². The van der Waals surface area contributed by atoms with Gasteiger partial charge >= 0.3 is 6.03 Å². The van der Waals surface area contributed by atoms with Crippen molar-refractivity contribution < 1.29 is 28.7 Å². The topological polar surface area (TPSA) is 172 Å². The Morgan fingerprint density at radius 2 is 1.66 bits per heavy atom. The fourth-order valence-corrected chi connectivity index (χ4v) is 10.1. The minimum atomic E-state index is -0.778. The van der Waals surface area contributed by atoms with E-state index in [1.807, 2.05) is 18.2 Å². The number of fused-ring (bicyclic) bond motifs is 1. The van der Waals surface area contributed by atoms with Crippen LogP contribution in [0.15, 0.2) is 54.7 Å². The van der Waals surface area contributed by atoms with Crippen molar-refractivity contribution in [2.75, 3.05) is 62.2 Å². The van der Waals surface area contributed by atoms with Crippen molar-refractivity contribution in [1.29, 1.82) is 5.26 Å². The van der Waals surface area contributed by atoms with E-state index in [0.717, 1.165) is 61.4 Å². The van der Waals surface area contributed by atoms with Gasteiger partial charge in [0.2, 0.25) is 5.91 Å². The van der Waals surface area contributed by atoms with Crippen molar-refractivity contribution in [3.05, 3.63) is 82.0 Å². The number of amides is 6. The number of carbonyl (C=O) groups excluding carboxylic acids is 5. The molecule has 3 saturated heterocycles. The van der Waals surface area contributed by atoms with E-state index < -0.39 is 23.8 Å². The molecule has 4 aliphatic heterocycles. The number of nitrogens with zero attached hydrogens (tertiary/aromatic N) is 7. The zero-order valence-corrected chi connectivity index (χ0v) is 34.4. The summed E-state index contributed by atoms with van der Waals surface area (Å²) in [5, 5.41) is 16.9. The van der Waals surface area contributed by atoms with E-state index in [9.17, 15) is 29.2 Å². The fourth-order valence-electron chi connectivity index (χ4n) is 9.88. The second-order valence-corrected chi connectivity index (χ2v) is 17.7. The molecule has 6 amide bonds. The lowest BCUT2D eigenvalue weighted by molar-refractivity contribution is -0.164.